The summed E-state index contributed by atoms with van der Waals surface area (Å²) in [7, 11) is 1.85. The van der Waals surface area contributed by atoms with E-state index in [1.165, 1.54) is 6.20 Å². The molecule has 0 saturated carbocycles. The molecule has 0 unspecified atom stereocenters. The van der Waals surface area contributed by atoms with Crippen LogP contribution in [0.25, 0.3) is 16.0 Å². The second-order valence-electron chi connectivity index (χ2n) is 8.08. The van der Waals surface area contributed by atoms with Crippen molar-refractivity contribution in [2.24, 2.45) is 7.05 Å². The maximum absolute atomic E-state index is 9.37. The molecule has 1 saturated heterocycles. The number of hydrogen-bond donors (Lipinski definition) is 2. The lowest BCUT2D eigenvalue weighted by Crippen LogP contribution is -2.44. The molecule has 35 heavy (non-hydrogen) atoms. The van der Waals surface area contributed by atoms with Gasteiger partial charge in [-0.3, -0.25) is 0 Å². The van der Waals surface area contributed by atoms with Gasteiger partial charge in [-0.15, -0.1) is 15.2 Å². The average molecular weight is 473 g/mol. The van der Waals surface area contributed by atoms with E-state index in [0.29, 0.717) is 65.6 Å². The van der Waals surface area contributed by atoms with Gasteiger partial charge < -0.3 is 34.2 Å². The number of ether oxygens (including phenoxy) is 2. The third kappa shape index (κ3) is 4.68. The summed E-state index contributed by atoms with van der Waals surface area (Å²) in [6.45, 7) is 10.7. The van der Waals surface area contributed by atoms with Gasteiger partial charge in [0.25, 0.3) is 5.82 Å². The molecule has 1 aliphatic heterocycles. The van der Waals surface area contributed by atoms with E-state index >= 15 is 0 Å². The van der Waals surface area contributed by atoms with Crippen LogP contribution in [0.4, 0.5) is 23.1 Å². The predicted molar refractivity (Wildman–Crippen MR) is 128 cm³/mol. The molecule has 4 aromatic rings. The molecule has 5 heterocycles. The van der Waals surface area contributed by atoms with Crippen molar-refractivity contribution in [3.63, 3.8) is 0 Å². The van der Waals surface area contributed by atoms with Gasteiger partial charge in [0.05, 0.1) is 31.3 Å². The molecule has 0 amide bonds. The first-order valence-electron chi connectivity index (χ1n) is 11.0. The maximum Gasteiger partial charge on any atom is 0.269 e. The normalized spacial score (nSPS) is 15.7. The first-order chi connectivity index (χ1) is 17.0. The molecule has 0 spiro atoms. The number of aliphatic hydroxyl groups excluding tert-OH is 1. The van der Waals surface area contributed by atoms with E-state index in [-0.39, 0.29) is 12.7 Å². The molecule has 0 aromatic carbocycles. The zero-order chi connectivity index (χ0) is 24.4. The van der Waals surface area contributed by atoms with Crippen molar-refractivity contribution < 1.29 is 14.6 Å². The van der Waals surface area contributed by atoms with Gasteiger partial charge in [-0.25, -0.2) is 4.98 Å². The number of nitrogens with one attached hydrogen (secondary N) is 1. The Bertz CT molecular complexity index is 1400. The van der Waals surface area contributed by atoms with Crippen LogP contribution in [-0.4, -0.2) is 67.2 Å². The Labute approximate surface area is 201 Å². The number of hydrogen-bond acceptors (Lipinski definition) is 10. The number of imidazole rings is 1. The molecular formula is C23H23N9O3. The zero-order valence-corrected chi connectivity index (χ0v) is 19.2. The number of aryl methyl sites for hydroxylation is 2. The number of nitrogens with zero attached hydrogens (tertiary/aromatic N) is 8. The number of aromatic nitrogens is 6. The Morgan fingerprint density at radius 2 is 2.17 bits per heavy atom. The number of anilines is 3. The first kappa shape index (κ1) is 22.5. The third-order valence-electron chi connectivity index (χ3n) is 5.60. The number of fused-ring (bicyclic) bond motifs is 1. The van der Waals surface area contributed by atoms with Crippen LogP contribution in [-0.2, 0) is 11.8 Å². The predicted octanol–water partition coefficient (Wildman–Crippen LogP) is 2.75. The van der Waals surface area contributed by atoms with Gasteiger partial charge in [-0.05, 0) is 30.7 Å². The van der Waals surface area contributed by atoms with Crippen LogP contribution in [0.1, 0.15) is 5.56 Å². The van der Waals surface area contributed by atoms with Crippen LogP contribution in [0.5, 0.6) is 11.6 Å². The summed E-state index contributed by atoms with van der Waals surface area (Å²) in [5.74, 6) is 2.40. The highest BCUT2D eigenvalue weighted by atomic mass is 16.5. The minimum absolute atomic E-state index is 0.0324. The van der Waals surface area contributed by atoms with Crippen molar-refractivity contribution in [2.75, 3.05) is 36.5 Å². The summed E-state index contributed by atoms with van der Waals surface area (Å²) < 4.78 is 13.3. The zero-order valence-electron chi connectivity index (χ0n) is 19.2. The van der Waals surface area contributed by atoms with E-state index in [2.05, 4.69) is 35.3 Å². The van der Waals surface area contributed by atoms with Crippen LogP contribution in [0.15, 0.2) is 36.8 Å². The van der Waals surface area contributed by atoms with Gasteiger partial charge in [0.15, 0.2) is 29.2 Å². The largest absolute Gasteiger partial charge is 0.435 e. The summed E-state index contributed by atoms with van der Waals surface area (Å²) in [5.41, 5.74) is 2.72. The fraction of sp³-hybridized carbons (Fsp3) is 0.304. The van der Waals surface area contributed by atoms with Crippen LogP contribution in [0.2, 0.25) is 0 Å². The average Bonchev–Trinajstić information content (AvgIpc) is 3.26. The first-order valence-corrected chi connectivity index (χ1v) is 11.0. The van der Waals surface area contributed by atoms with Crippen molar-refractivity contribution in [1.29, 1.82) is 0 Å². The fourth-order valence-electron chi connectivity index (χ4n) is 3.77. The highest BCUT2D eigenvalue weighted by molar-refractivity contribution is 5.88. The molecule has 1 fully saturated rings. The Kier molecular flexibility index (Phi) is 6.09. The summed E-state index contributed by atoms with van der Waals surface area (Å²) in [5, 5.41) is 21.3. The van der Waals surface area contributed by atoms with Crippen molar-refractivity contribution in [2.45, 2.75) is 13.0 Å². The molecular weight excluding hydrogens is 450 g/mol. The highest BCUT2D eigenvalue weighted by Crippen LogP contribution is 2.31. The van der Waals surface area contributed by atoms with Crippen LogP contribution in [0.3, 0.4) is 0 Å². The SMILES string of the molecule is [C-]#[N+]c1cc(C)c(Oc2cc(Nc3ccc(N4CCO[C@@H](CO)C4)nn3)c3ncn(C)c3n2)cn1. The summed E-state index contributed by atoms with van der Waals surface area (Å²) >= 11 is 0. The van der Waals surface area contributed by atoms with Gasteiger partial charge in [0.1, 0.15) is 5.52 Å². The smallest absolute Gasteiger partial charge is 0.269 e. The van der Waals surface area contributed by atoms with E-state index in [4.69, 9.17) is 16.0 Å². The quantitative estimate of drug-likeness (QED) is 0.404. The molecule has 0 bridgehead atoms. The Balaban J connectivity index is 1.40. The van der Waals surface area contributed by atoms with Crippen molar-refractivity contribution in [3.05, 3.63) is 53.8 Å². The fourth-order valence-corrected chi connectivity index (χ4v) is 3.77. The molecule has 1 aliphatic rings. The monoisotopic (exact) mass is 473 g/mol. The Morgan fingerprint density at radius 3 is 2.91 bits per heavy atom. The van der Waals surface area contributed by atoms with Gasteiger partial charge in [0.2, 0.25) is 5.88 Å². The molecule has 2 N–H and O–H groups in total. The second kappa shape index (κ2) is 9.49. The number of rotatable bonds is 6. The topological polar surface area (TPSA) is 128 Å². The second-order valence-corrected chi connectivity index (χ2v) is 8.08. The number of aliphatic hydroxyl groups is 1. The van der Waals surface area contributed by atoms with E-state index in [0.717, 1.165) is 5.56 Å². The van der Waals surface area contributed by atoms with Gasteiger partial charge in [-0.2, -0.15) is 4.98 Å². The van der Waals surface area contributed by atoms with Gasteiger partial charge in [0, 0.05) is 26.2 Å². The minimum atomic E-state index is -0.229. The van der Waals surface area contributed by atoms with E-state index in [1.54, 1.807) is 23.0 Å². The lowest BCUT2D eigenvalue weighted by molar-refractivity contribution is 0.00332. The Morgan fingerprint density at radius 1 is 1.29 bits per heavy atom. The van der Waals surface area contributed by atoms with Crippen LogP contribution < -0.4 is 15.0 Å². The Hall–Kier alpha value is -4.34. The summed E-state index contributed by atoms with van der Waals surface area (Å²) in [6.07, 6.45) is 2.96. The molecule has 5 rings (SSSR count). The van der Waals surface area contributed by atoms with Gasteiger partial charge >= 0.3 is 0 Å². The highest BCUT2D eigenvalue weighted by Gasteiger charge is 2.21. The van der Waals surface area contributed by atoms with Crippen molar-refractivity contribution in [3.8, 4) is 11.6 Å². The molecule has 12 nitrogen and oxygen atoms in total. The third-order valence-corrected chi connectivity index (χ3v) is 5.60. The van der Waals surface area contributed by atoms with Crippen molar-refractivity contribution in [1.82, 2.24) is 29.7 Å². The lowest BCUT2D eigenvalue weighted by Gasteiger charge is -2.32. The standard InChI is InChI=1S/C23H23N9O3/c1-14-8-19(24-2)25-10-17(14)35-21-9-16(22-23(28-21)31(3)13-26-22)27-18-4-5-20(30-29-18)32-6-7-34-15(11-32)12-33/h4-5,8-10,13,15,33H,6-7,11-12H2,1,3H3,(H,27,28,29)/t15-/m1/s1. The lowest BCUT2D eigenvalue weighted by atomic mass is 10.2. The van der Waals surface area contributed by atoms with E-state index < -0.39 is 0 Å². The maximum atomic E-state index is 9.37. The molecule has 178 valence electrons. The minimum Gasteiger partial charge on any atom is -0.435 e. The molecule has 12 heteroatoms. The molecule has 4 aromatic heterocycles. The summed E-state index contributed by atoms with van der Waals surface area (Å²) in [4.78, 5) is 18.5. The van der Waals surface area contributed by atoms with Gasteiger partial charge in [-0.1, -0.05) is 6.57 Å². The number of morpholine rings is 1. The van der Waals surface area contributed by atoms with Crippen LogP contribution >= 0.6 is 0 Å². The summed E-state index contributed by atoms with van der Waals surface area (Å²) in [6, 6.07) is 7.11. The molecule has 0 aliphatic carbocycles. The molecule has 0 radical (unpaired) electrons. The van der Waals surface area contributed by atoms with E-state index in [1.807, 2.05) is 31.0 Å². The number of pyridine rings is 2. The van der Waals surface area contributed by atoms with E-state index in [9.17, 15) is 5.11 Å². The molecule has 1 atom stereocenters. The van der Waals surface area contributed by atoms with Crippen LogP contribution in [0, 0.1) is 13.5 Å². The van der Waals surface area contributed by atoms with Crippen molar-refractivity contribution >= 4 is 34.3 Å².